The standard InChI is InChI=1S/C15H15BrN2O2/c1-2-20-11-7-5-10(6-8-11)14-17-13(9-3-4-9)12(16)15(19)18-14/h5-9H,2-4H2,1H3,(H,17,18,19). The van der Waals surface area contributed by atoms with Gasteiger partial charge in [0.2, 0.25) is 0 Å². The predicted molar refractivity (Wildman–Crippen MR) is 81.1 cm³/mol. The molecular formula is C15H15BrN2O2. The molecule has 4 nitrogen and oxygen atoms in total. The van der Waals surface area contributed by atoms with E-state index in [2.05, 4.69) is 25.9 Å². The Balaban J connectivity index is 1.99. The Bertz CT molecular complexity index is 675. The number of ether oxygens (including phenoxy) is 1. The van der Waals surface area contributed by atoms with E-state index >= 15 is 0 Å². The molecule has 0 bridgehead atoms. The van der Waals surface area contributed by atoms with Crippen molar-refractivity contribution in [3.8, 4) is 17.1 Å². The van der Waals surface area contributed by atoms with E-state index in [1.807, 2.05) is 31.2 Å². The smallest absolute Gasteiger partial charge is 0.265 e. The second-order valence-corrected chi connectivity index (χ2v) is 5.64. The average Bonchev–Trinajstić information content (AvgIpc) is 3.27. The van der Waals surface area contributed by atoms with Crippen LogP contribution >= 0.6 is 15.9 Å². The number of benzene rings is 1. The summed E-state index contributed by atoms with van der Waals surface area (Å²) in [5, 5.41) is 0. The van der Waals surface area contributed by atoms with Gasteiger partial charge in [-0.05, 0) is 60.0 Å². The molecule has 1 aromatic carbocycles. The van der Waals surface area contributed by atoms with Gasteiger partial charge in [-0.25, -0.2) is 4.98 Å². The average molecular weight is 335 g/mol. The van der Waals surface area contributed by atoms with Crippen LogP contribution in [-0.2, 0) is 0 Å². The predicted octanol–water partition coefficient (Wildman–Crippen LogP) is 3.48. The van der Waals surface area contributed by atoms with Gasteiger partial charge in [-0.2, -0.15) is 0 Å². The lowest BCUT2D eigenvalue weighted by atomic mass is 10.2. The lowest BCUT2D eigenvalue weighted by Gasteiger charge is -2.07. The Morgan fingerprint density at radius 1 is 1.35 bits per heavy atom. The first-order valence-electron chi connectivity index (χ1n) is 6.72. The molecule has 1 saturated carbocycles. The maximum absolute atomic E-state index is 12.0. The second-order valence-electron chi connectivity index (χ2n) is 4.85. The van der Waals surface area contributed by atoms with E-state index in [1.54, 1.807) is 0 Å². The van der Waals surface area contributed by atoms with Crippen LogP contribution < -0.4 is 10.3 Å². The summed E-state index contributed by atoms with van der Waals surface area (Å²) in [4.78, 5) is 19.4. The van der Waals surface area contributed by atoms with E-state index in [-0.39, 0.29) is 5.56 Å². The number of nitrogens with one attached hydrogen (secondary N) is 1. The van der Waals surface area contributed by atoms with Crippen molar-refractivity contribution in [1.29, 1.82) is 0 Å². The van der Waals surface area contributed by atoms with Crippen LogP contribution in [0.15, 0.2) is 33.5 Å². The van der Waals surface area contributed by atoms with E-state index in [1.165, 1.54) is 0 Å². The van der Waals surface area contributed by atoms with E-state index in [0.717, 1.165) is 29.8 Å². The molecule has 1 heterocycles. The highest BCUT2D eigenvalue weighted by atomic mass is 79.9. The van der Waals surface area contributed by atoms with Crippen LogP contribution in [0.5, 0.6) is 5.75 Å². The van der Waals surface area contributed by atoms with Crippen molar-refractivity contribution >= 4 is 15.9 Å². The van der Waals surface area contributed by atoms with Crippen LogP contribution in [0.25, 0.3) is 11.4 Å². The molecule has 1 aromatic heterocycles. The number of rotatable bonds is 4. The quantitative estimate of drug-likeness (QED) is 0.931. The molecule has 0 unspecified atom stereocenters. The van der Waals surface area contributed by atoms with Crippen molar-refractivity contribution in [3.63, 3.8) is 0 Å². The van der Waals surface area contributed by atoms with Gasteiger partial charge in [-0.1, -0.05) is 0 Å². The van der Waals surface area contributed by atoms with Crippen molar-refractivity contribution in [2.24, 2.45) is 0 Å². The third kappa shape index (κ3) is 2.63. The van der Waals surface area contributed by atoms with Crippen LogP contribution in [0, 0.1) is 0 Å². The van der Waals surface area contributed by atoms with Crippen LogP contribution in [0.4, 0.5) is 0 Å². The summed E-state index contributed by atoms with van der Waals surface area (Å²) in [5.74, 6) is 1.86. The number of nitrogens with zero attached hydrogens (tertiary/aromatic N) is 1. The Hall–Kier alpha value is -1.62. The third-order valence-electron chi connectivity index (χ3n) is 3.29. The van der Waals surface area contributed by atoms with Crippen molar-refractivity contribution in [1.82, 2.24) is 9.97 Å². The fourth-order valence-electron chi connectivity index (χ4n) is 2.12. The first-order valence-corrected chi connectivity index (χ1v) is 7.51. The summed E-state index contributed by atoms with van der Waals surface area (Å²) >= 11 is 3.33. The molecule has 2 aromatic rings. The summed E-state index contributed by atoms with van der Waals surface area (Å²) in [5.41, 5.74) is 1.64. The van der Waals surface area contributed by atoms with Gasteiger partial charge in [0.1, 0.15) is 16.0 Å². The summed E-state index contributed by atoms with van der Waals surface area (Å²) in [6, 6.07) is 7.59. The first-order chi connectivity index (χ1) is 9.69. The molecule has 1 aliphatic carbocycles. The summed E-state index contributed by atoms with van der Waals surface area (Å²) in [6.07, 6.45) is 2.22. The Morgan fingerprint density at radius 2 is 2.05 bits per heavy atom. The lowest BCUT2D eigenvalue weighted by molar-refractivity contribution is 0.340. The highest BCUT2D eigenvalue weighted by molar-refractivity contribution is 9.10. The largest absolute Gasteiger partial charge is 0.494 e. The fourth-order valence-corrected chi connectivity index (χ4v) is 2.63. The second kappa shape index (κ2) is 5.40. The van der Waals surface area contributed by atoms with Crippen LogP contribution in [0.2, 0.25) is 0 Å². The van der Waals surface area contributed by atoms with Gasteiger partial charge < -0.3 is 9.72 Å². The van der Waals surface area contributed by atoms with Crippen molar-refractivity contribution in [2.45, 2.75) is 25.7 Å². The monoisotopic (exact) mass is 334 g/mol. The number of H-pyrrole nitrogens is 1. The van der Waals surface area contributed by atoms with Gasteiger partial charge in [-0.3, -0.25) is 4.79 Å². The van der Waals surface area contributed by atoms with E-state index in [9.17, 15) is 4.79 Å². The minimum Gasteiger partial charge on any atom is -0.494 e. The van der Waals surface area contributed by atoms with Gasteiger partial charge in [0.15, 0.2) is 0 Å². The molecule has 0 atom stereocenters. The lowest BCUT2D eigenvalue weighted by Crippen LogP contribution is -2.13. The van der Waals surface area contributed by atoms with Crippen molar-refractivity contribution in [2.75, 3.05) is 6.61 Å². The molecule has 1 N–H and O–H groups in total. The highest BCUT2D eigenvalue weighted by Gasteiger charge is 2.29. The molecule has 0 aliphatic heterocycles. The number of halogens is 1. The summed E-state index contributed by atoms with van der Waals surface area (Å²) < 4.78 is 5.98. The summed E-state index contributed by atoms with van der Waals surface area (Å²) in [7, 11) is 0. The molecule has 0 spiro atoms. The topological polar surface area (TPSA) is 55.0 Å². The Labute approximate surface area is 125 Å². The Morgan fingerprint density at radius 3 is 2.65 bits per heavy atom. The SMILES string of the molecule is CCOc1ccc(-c2nc(C3CC3)c(Br)c(=O)[nH]2)cc1. The van der Waals surface area contributed by atoms with Crippen LogP contribution in [-0.4, -0.2) is 16.6 Å². The maximum atomic E-state index is 12.0. The molecule has 20 heavy (non-hydrogen) atoms. The zero-order valence-electron chi connectivity index (χ0n) is 11.1. The summed E-state index contributed by atoms with van der Waals surface area (Å²) in [6.45, 7) is 2.59. The minimum atomic E-state index is -0.120. The minimum absolute atomic E-state index is 0.120. The molecule has 1 fully saturated rings. The molecule has 0 radical (unpaired) electrons. The maximum Gasteiger partial charge on any atom is 0.265 e. The van der Waals surface area contributed by atoms with Gasteiger partial charge in [-0.15, -0.1) is 0 Å². The van der Waals surface area contributed by atoms with Crippen LogP contribution in [0.1, 0.15) is 31.4 Å². The van der Waals surface area contributed by atoms with Crippen LogP contribution in [0.3, 0.4) is 0 Å². The van der Waals surface area contributed by atoms with Crippen molar-refractivity contribution < 1.29 is 4.74 Å². The Kier molecular flexibility index (Phi) is 3.61. The van der Waals surface area contributed by atoms with E-state index in [0.29, 0.717) is 22.8 Å². The molecule has 104 valence electrons. The van der Waals surface area contributed by atoms with E-state index < -0.39 is 0 Å². The zero-order valence-corrected chi connectivity index (χ0v) is 12.7. The number of aromatic nitrogens is 2. The normalized spacial score (nSPS) is 14.3. The fraction of sp³-hybridized carbons (Fsp3) is 0.333. The number of aromatic amines is 1. The molecule has 1 aliphatic rings. The molecule has 0 amide bonds. The first kappa shape index (κ1) is 13.4. The number of hydrogen-bond donors (Lipinski definition) is 1. The van der Waals surface area contributed by atoms with Gasteiger partial charge in [0, 0.05) is 11.5 Å². The van der Waals surface area contributed by atoms with Gasteiger partial charge >= 0.3 is 0 Å². The van der Waals surface area contributed by atoms with E-state index in [4.69, 9.17) is 4.74 Å². The molecule has 3 rings (SSSR count). The zero-order chi connectivity index (χ0) is 14.1. The molecular weight excluding hydrogens is 320 g/mol. The van der Waals surface area contributed by atoms with Crippen molar-refractivity contribution in [3.05, 3.63) is 44.8 Å². The van der Waals surface area contributed by atoms with Gasteiger partial charge in [0.05, 0.1) is 12.3 Å². The number of hydrogen-bond acceptors (Lipinski definition) is 3. The third-order valence-corrected chi connectivity index (χ3v) is 4.06. The molecule has 5 heteroatoms. The van der Waals surface area contributed by atoms with Gasteiger partial charge in [0.25, 0.3) is 5.56 Å². The molecule has 0 saturated heterocycles. The highest BCUT2D eigenvalue weighted by Crippen LogP contribution is 2.41.